The van der Waals surface area contributed by atoms with Gasteiger partial charge in [0.15, 0.2) is 0 Å². The number of allylic oxidation sites excluding steroid dienone is 1. The van der Waals surface area contributed by atoms with E-state index >= 15 is 0 Å². The zero-order valence-corrected chi connectivity index (χ0v) is 9.37. The molecule has 0 aliphatic carbocycles. The molecule has 0 heterocycles. The molecule has 0 bridgehead atoms. The lowest BCUT2D eigenvalue weighted by atomic mass is 10.2. The summed E-state index contributed by atoms with van der Waals surface area (Å²) in [5.74, 6) is 0.0670. The molecule has 82 valence electrons. The van der Waals surface area contributed by atoms with Gasteiger partial charge in [-0.2, -0.15) is 5.26 Å². The fourth-order valence-electron chi connectivity index (χ4n) is 1.11. The van der Waals surface area contributed by atoms with Crippen LogP contribution in [0.25, 0.3) is 0 Å². The van der Waals surface area contributed by atoms with Crippen LogP contribution in [0.3, 0.4) is 0 Å². The monoisotopic (exact) mass is 234 g/mol. The molecule has 1 aromatic rings. The van der Waals surface area contributed by atoms with Crippen molar-refractivity contribution in [2.75, 3.05) is 12.4 Å². The molecule has 16 heavy (non-hydrogen) atoms. The van der Waals surface area contributed by atoms with Crippen molar-refractivity contribution >= 4 is 17.5 Å². The standard InChI is InChI=1S/C12H11ClN2O/c13-8-10(6-7-14)9-15-12(16)11-4-2-1-3-5-11/h1-6H,8-9H2,(H,15,16). The number of halogens is 1. The van der Waals surface area contributed by atoms with Crippen LogP contribution in [0.5, 0.6) is 0 Å². The van der Waals surface area contributed by atoms with Crippen molar-refractivity contribution in [2.24, 2.45) is 0 Å². The molecular formula is C12H11ClN2O. The summed E-state index contributed by atoms with van der Waals surface area (Å²) in [6.45, 7) is 0.296. The molecule has 0 unspecified atom stereocenters. The lowest BCUT2D eigenvalue weighted by Gasteiger charge is -2.05. The highest BCUT2D eigenvalue weighted by atomic mass is 35.5. The van der Waals surface area contributed by atoms with Crippen LogP contribution in [0.15, 0.2) is 42.0 Å². The lowest BCUT2D eigenvalue weighted by molar-refractivity contribution is 0.0957. The number of hydrogen-bond donors (Lipinski definition) is 1. The first-order valence-corrected chi connectivity index (χ1v) is 5.28. The summed E-state index contributed by atoms with van der Waals surface area (Å²) < 4.78 is 0. The normalized spacial score (nSPS) is 10.6. The van der Waals surface area contributed by atoms with Crippen LogP contribution in [0, 0.1) is 11.3 Å². The first kappa shape index (κ1) is 12.3. The van der Waals surface area contributed by atoms with Crippen molar-refractivity contribution in [3.05, 3.63) is 47.5 Å². The molecule has 1 N–H and O–H groups in total. The number of rotatable bonds is 4. The smallest absolute Gasteiger partial charge is 0.251 e. The van der Waals surface area contributed by atoms with Crippen LogP contribution in [0.2, 0.25) is 0 Å². The van der Waals surface area contributed by atoms with Gasteiger partial charge in [-0.1, -0.05) is 18.2 Å². The Bertz CT molecular complexity index is 420. The summed E-state index contributed by atoms with van der Waals surface area (Å²) >= 11 is 5.61. The molecule has 4 heteroatoms. The molecule has 0 radical (unpaired) electrons. The van der Waals surface area contributed by atoms with Crippen molar-refractivity contribution in [3.63, 3.8) is 0 Å². The Morgan fingerprint density at radius 2 is 2.12 bits per heavy atom. The number of hydrogen-bond acceptors (Lipinski definition) is 2. The van der Waals surface area contributed by atoms with Crippen molar-refractivity contribution in [1.82, 2.24) is 5.32 Å². The SMILES string of the molecule is N#CC=C(CCl)CNC(=O)c1ccccc1. The number of carbonyl (C=O) groups is 1. The summed E-state index contributed by atoms with van der Waals surface area (Å²) in [5, 5.41) is 11.1. The number of benzene rings is 1. The molecule has 0 saturated heterocycles. The number of carbonyl (C=O) groups excluding carboxylic acids is 1. The van der Waals surface area contributed by atoms with Gasteiger partial charge in [0.2, 0.25) is 0 Å². The van der Waals surface area contributed by atoms with Crippen molar-refractivity contribution in [1.29, 1.82) is 5.26 Å². The van der Waals surface area contributed by atoms with Crippen LogP contribution in [-0.2, 0) is 0 Å². The van der Waals surface area contributed by atoms with Gasteiger partial charge in [0.05, 0.1) is 6.07 Å². The fraction of sp³-hybridized carbons (Fsp3) is 0.167. The second kappa shape index (κ2) is 6.65. The molecule has 1 aromatic carbocycles. The summed E-state index contributed by atoms with van der Waals surface area (Å²) in [5.41, 5.74) is 1.28. The largest absolute Gasteiger partial charge is 0.348 e. The minimum absolute atomic E-state index is 0.172. The van der Waals surface area contributed by atoms with E-state index in [0.29, 0.717) is 17.7 Å². The Labute approximate surface area is 99.3 Å². The molecule has 0 saturated carbocycles. The zero-order valence-electron chi connectivity index (χ0n) is 8.61. The maximum Gasteiger partial charge on any atom is 0.251 e. The van der Waals surface area contributed by atoms with Crippen molar-refractivity contribution in [3.8, 4) is 6.07 Å². The predicted octanol–water partition coefficient (Wildman–Crippen LogP) is 2.11. The fourth-order valence-corrected chi connectivity index (χ4v) is 1.29. The molecular weight excluding hydrogens is 224 g/mol. The van der Waals surface area contributed by atoms with Crippen LogP contribution in [0.4, 0.5) is 0 Å². The average Bonchev–Trinajstić information content (AvgIpc) is 2.35. The molecule has 1 rings (SSSR count). The van der Waals surface area contributed by atoms with E-state index in [-0.39, 0.29) is 11.8 Å². The Balaban J connectivity index is 2.54. The third-order valence-electron chi connectivity index (χ3n) is 1.95. The quantitative estimate of drug-likeness (QED) is 0.641. The van der Waals surface area contributed by atoms with Crippen LogP contribution >= 0.6 is 11.6 Å². The third-order valence-corrected chi connectivity index (χ3v) is 2.30. The van der Waals surface area contributed by atoms with E-state index in [9.17, 15) is 4.79 Å². The molecule has 0 aromatic heterocycles. The maximum atomic E-state index is 11.6. The van der Waals surface area contributed by atoms with Crippen LogP contribution in [0.1, 0.15) is 10.4 Å². The van der Waals surface area contributed by atoms with Gasteiger partial charge in [-0.3, -0.25) is 4.79 Å². The van der Waals surface area contributed by atoms with E-state index in [1.54, 1.807) is 24.3 Å². The van der Waals surface area contributed by atoms with Crippen LogP contribution < -0.4 is 5.32 Å². The Hall–Kier alpha value is -1.79. The molecule has 0 fully saturated rings. The lowest BCUT2D eigenvalue weighted by Crippen LogP contribution is -2.25. The van der Waals surface area contributed by atoms with Gasteiger partial charge in [0.1, 0.15) is 0 Å². The number of nitrogens with zero attached hydrogens (tertiary/aromatic N) is 1. The van der Waals surface area contributed by atoms with Gasteiger partial charge < -0.3 is 5.32 Å². The van der Waals surface area contributed by atoms with Gasteiger partial charge in [-0.15, -0.1) is 11.6 Å². The maximum absolute atomic E-state index is 11.6. The Morgan fingerprint density at radius 1 is 1.44 bits per heavy atom. The summed E-state index contributed by atoms with van der Waals surface area (Å²) in [6, 6.07) is 10.8. The van der Waals surface area contributed by atoms with E-state index < -0.39 is 0 Å². The van der Waals surface area contributed by atoms with Gasteiger partial charge >= 0.3 is 0 Å². The van der Waals surface area contributed by atoms with Gasteiger partial charge in [0, 0.05) is 24.1 Å². The van der Waals surface area contributed by atoms with E-state index in [4.69, 9.17) is 16.9 Å². The molecule has 0 aliphatic heterocycles. The topological polar surface area (TPSA) is 52.9 Å². The Morgan fingerprint density at radius 3 is 2.69 bits per heavy atom. The molecule has 0 spiro atoms. The summed E-state index contributed by atoms with van der Waals surface area (Å²) in [6.07, 6.45) is 1.35. The number of nitrogens with one attached hydrogen (secondary N) is 1. The number of amides is 1. The van der Waals surface area contributed by atoms with Crippen molar-refractivity contribution in [2.45, 2.75) is 0 Å². The van der Waals surface area contributed by atoms with Gasteiger partial charge in [0.25, 0.3) is 5.91 Å². The number of nitriles is 1. The van der Waals surface area contributed by atoms with E-state index in [1.807, 2.05) is 12.1 Å². The second-order valence-electron chi connectivity index (χ2n) is 3.11. The van der Waals surface area contributed by atoms with E-state index in [2.05, 4.69) is 5.32 Å². The number of alkyl halides is 1. The molecule has 3 nitrogen and oxygen atoms in total. The second-order valence-corrected chi connectivity index (χ2v) is 3.38. The molecule has 1 amide bonds. The van der Waals surface area contributed by atoms with Crippen molar-refractivity contribution < 1.29 is 4.79 Å². The Kier molecular flexibility index (Phi) is 5.10. The highest BCUT2D eigenvalue weighted by molar-refractivity contribution is 6.19. The molecule has 0 atom stereocenters. The van der Waals surface area contributed by atoms with E-state index in [0.717, 1.165) is 0 Å². The summed E-state index contributed by atoms with van der Waals surface area (Å²) in [4.78, 5) is 11.6. The highest BCUT2D eigenvalue weighted by Crippen LogP contribution is 2.00. The highest BCUT2D eigenvalue weighted by Gasteiger charge is 2.04. The van der Waals surface area contributed by atoms with E-state index in [1.165, 1.54) is 6.08 Å². The molecule has 0 aliphatic rings. The zero-order chi connectivity index (χ0) is 11.8. The first-order chi connectivity index (χ1) is 7.77. The summed E-state index contributed by atoms with van der Waals surface area (Å²) in [7, 11) is 0. The average molecular weight is 235 g/mol. The van der Waals surface area contributed by atoms with Crippen LogP contribution in [-0.4, -0.2) is 18.3 Å². The minimum Gasteiger partial charge on any atom is -0.348 e. The predicted molar refractivity (Wildman–Crippen MR) is 63.2 cm³/mol. The van der Waals surface area contributed by atoms with Gasteiger partial charge in [-0.25, -0.2) is 0 Å². The third kappa shape index (κ3) is 3.76. The first-order valence-electron chi connectivity index (χ1n) is 4.74. The minimum atomic E-state index is -0.172. The van der Waals surface area contributed by atoms with Gasteiger partial charge in [-0.05, 0) is 17.7 Å².